The van der Waals surface area contributed by atoms with E-state index in [2.05, 4.69) is 15.2 Å². The number of benzene rings is 1. The molecule has 0 aliphatic carbocycles. The molecule has 0 unspecified atom stereocenters. The van der Waals surface area contributed by atoms with Crippen LogP contribution >= 0.6 is 0 Å². The third-order valence-corrected chi connectivity index (χ3v) is 3.51. The van der Waals surface area contributed by atoms with E-state index < -0.39 is 5.57 Å². The van der Waals surface area contributed by atoms with Gasteiger partial charge in [-0.25, -0.2) is 4.99 Å². The summed E-state index contributed by atoms with van der Waals surface area (Å²) in [5, 5.41) is 29.7. The fourth-order valence-electron chi connectivity index (χ4n) is 2.23. The molecule has 1 aromatic carbocycles. The predicted molar refractivity (Wildman–Crippen MR) is 99.5 cm³/mol. The van der Waals surface area contributed by atoms with Crippen molar-refractivity contribution in [3.05, 3.63) is 29.5 Å². The first kappa shape index (κ1) is 20.2. The molecule has 0 aliphatic heterocycles. The summed E-state index contributed by atoms with van der Waals surface area (Å²) in [5.74, 6) is -0.296. The molecule has 1 aromatic rings. The normalized spacial score (nSPS) is 10.1. The summed E-state index contributed by atoms with van der Waals surface area (Å²) < 4.78 is 0. The lowest BCUT2D eigenvalue weighted by atomic mass is 10.1. The Morgan fingerprint density at radius 3 is 2.27 bits per heavy atom. The van der Waals surface area contributed by atoms with Crippen LogP contribution in [0.15, 0.2) is 34.5 Å². The minimum absolute atomic E-state index is 0.273. The molecule has 0 aliphatic rings. The van der Waals surface area contributed by atoms with E-state index in [4.69, 9.17) is 16.3 Å². The molecule has 0 saturated heterocycles. The number of rotatable bonds is 6. The van der Waals surface area contributed by atoms with E-state index in [1.807, 2.05) is 19.9 Å². The van der Waals surface area contributed by atoms with Gasteiger partial charge in [0.1, 0.15) is 18.2 Å². The van der Waals surface area contributed by atoms with Gasteiger partial charge in [-0.05, 0) is 32.0 Å². The van der Waals surface area contributed by atoms with Crippen molar-refractivity contribution in [1.29, 1.82) is 15.8 Å². The summed E-state index contributed by atoms with van der Waals surface area (Å²) in [6.45, 7) is 6.95. The van der Waals surface area contributed by atoms with Crippen molar-refractivity contribution < 1.29 is 4.79 Å². The number of allylic oxidation sites excluding steroid dienone is 2. The second-order valence-electron chi connectivity index (χ2n) is 5.14. The molecule has 0 aromatic heterocycles. The van der Waals surface area contributed by atoms with Crippen LogP contribution in [0.2, 0.25) is 0 Å². The predicted octanol–water partition coefficient (Wildman–Crippen LogP) is 2.35. The first-order valence-corrected chi connectivity index (χ1v) is 7.87. The molecule has 26 heavy (non-hydrogen) atoms. The Hall–Kier alpha value is -3.83. The highest BCUT2D eigenvalue weighted by molar-refractivity contribution is 6.13. The van der Waals surface area contributed by atoms with E-state index in [1.165, 1.54) is 6.92 Å². The molecule has 8 nitrogen and oxygen atoms in total. The van der Waals surface area contributed by atoms with Gasteiger partial charge in [0, 0.05) is 25.7 Å². The van der Waals surface area contributed by atoms with Gasteiger partial charge < -0.3 is 16.0 Å². The Morgan fingerprint density at radius 1 is 1.19 bits per heavy atom. The third-order valence-electron chi connectivity index (χ3n) is 3.51. The van der Waals surface area contributed by atoms with Gasteiger partial charge in [0.05, 0.1) is 17.1 Å². The molecular weight excluding hydrogens is 330 g/mol. The van der Waals surface area contributed by atoms with Crippen LogP contribution in [0, 0.1) is 34.0 Å². The van der Waals surface area contributed by atoms with Crippen molar-refractivity contribution in [1.82, 2.24) is 0 Å². The largest absolute Gasteiger partial charge is 0.395 e. The Bertz CT molecular complexity index is 858. The Kier molecular flexibility index (Phi) is 7.36. The van der Waals surface area contributed by atoms with Gasteiger partial charge in [0.2, 0.25) is 5.91 Å². The molecule has 0 heterocycles. The van der Waals surface area contributed by atoms with Gasteiger partial charge in [-0.2, -0.15) is 15.8 Å². The maximum Gasteiger partial charge on any atom is 0.221 e. The zero-order chi connectivity index (χ0) is 19.7. The number of nitriles is 3. The molecule has 0 bridgehead atoms. The molecule has 3 N–H and O–H groups in total. The topological polar surface area (TPSA) is 142 Å². The van der Waals surface area contributed by atoms with E-state index in [0.29, 0.717) is 11.4 Å². The lowest BCUT2D eigenvalue weighted by Crippen LogP contribution is -2.22. The van der Waals surface area contributed by atoms with Crippen molar-refractivity contribution in [2.75, 3.05) is 23.3 Å². The Morgan fingerprint density at radius 2 is 1.81 bits per heavy atom. The van der Waals surface area contributed by atoms with Gasteiger partial charge in [-0.15, -0.1) is 0 Å². The standard InChI is InChI=1S/C18H19N7O/c1-4-25(5-2)14-6-7-15(16(8-14)23-12(3)26)24-17(11-21)18(22)13(9-19)10-20/h6-8H,4-5,22H2,1-3H3,(H,23,26). The minimum atomic E-state index is -0.397. The summed E-state index contributed by atoms with van der Waals surface area (Å²) in [6.07, 6.45) is 0. The van der Waals surface area contributed by atoms with Crippen molar-refractivity contribution in [2.24, 2.45) is 10.7 Å². The van der Waals surface area contributed by atoms with Crippen molar-refractivity contribution in [3.63, 3.8) is 0 Å². The first-order chi connectivity index (χ1) is 12.4. The van der Waals surface area contributed by atoms with Gasteiger partial charge in [-0.3, -0.25) is 4.79 Å². The summed E-state index contributed by atoms with van der Waals surface area (Å²) in [5.41, 5.74) is 6.31. The van der Waals surface area contributed by atoms with Crippen LogP contribution in [0.4, 0.5) is 17.1 Å². The molecule has 0 radical (unpaired) electrons. The lowest BCUT2D eigenvalue weighted by Gasteiger charge is -2.22. The summed E-state index contributed by atoms with van der Waals surface area (Å²) in [7, 11) is 0. The average molecular weight is 349 g/mol. The monoisotopic (exact) mass is 349 g/mol. The van der Waals surface area contributed by atoms with Crippen molar-refractivity contribution in [3.8, 4) is 18.2 Å². The number of nitrogens with two attached hydrogens (primary N) is 1. The van der Waals surface area contributed by atoms with Crippen LogP contribution in [0.25, 0.3) is 0 Å². The summed E-state index contributed by atoms with van der Waals surface area (Å²) in [4.78, 5) is 17.7. The first-order valence-electron chi connectivity index (χ1n) is 7.87. The second kappa shape index (κ2) is 9.46. The molecule has 1 rings (SSSR count). The molecule has 0 spiro atoms. The maximum absolute atomic E-state index is 11.5. The quantitative estimate of drug-likeness (QED) is 0.596. The highest BCUT2D eigenvalue weighted by atomic mass is 16.1. The number of nitrogens with zero attached hydrogens (tertiary/aromatic N) is 5. The van der Waals surface area contributed by atoms with Gasteiger partial charge >= 0.3 is 0 Å². The minimum Gasteiger partial charge on any atom is -0.395 e. The number of hydrogen-bond acceptors (Lipinski definition) is 7. The lowest BCUT2D eigenvalue weighted by molar-refractivity contribution is -0.114. The zero-order valence-electron chi connectivity index (χ0n) is 14.9. The summed E-state index contributed by atoms with van der Waals surface area (Å²) in [6, 6.07) is 10.2. The Balaban J connectivity index is 3.54. The molecular formula is C18H19N7O. The van der Waals surface area contributed by atoms with Crippen LogP contribution in [-0.4, -0.2) is 24.7 Å². The highest BCUT2D eigenvalue weighted by Crippen LogP contribution is 2.31. The number of aliphatic imine (C=N–C) groups is 1. The smallest absolute Gasteiger partial charge is 0.221 e. The van der Waals surface area contributed by atoms with Gasteiger partial charge in [0.15, 0.2) is 11.3 Å². The third kappa shape index (κ3) is 4.83. The second-order valence-corrected chi connectivity index (χ2v) is 5.14. The SMILES string of the molecule is CCN(CC)c1ccc(N=C(C#N)C(N)=C(C#N)C#N)c(NC(C)=O)c1. The van der Waals surface area contributed by atoms with E-state index >= 15 is 0 Å². The number of hydrogen-bond donors (Lipinski definition) is 2. The fourth-order valence-corrected chi connectivity index (χ4v) is 2.23. The number of amides is 1. The van der Waals surface area contributed by atoms with E-state index in [-0.39, 0.29) is 17.3 Å². The number of anilines is 2. The molecule has 0 fully saturated rings. The highest BCUT2D eigenvalue weighted by Gasteiger charge is 2.13. The van der Waals surface area contributed by atoms with E-state index in [0.717, 1.165) is 18.8 Å². The van der Waals surface area contributed by atoms with Crippen LogP contribution in [0.5, 0.6) is 0 Å². The maximum atomic E-state index is 11.5. The number of nitrogens with one attached hydrogen (secondary N) is 1. The van der Waals surface area contributed by atoms with Crippen LogP contribution in [0.3, 0.4) is 0 Å². The van der Waals surface area contributed by atoms with Crippen LogP contribution in [0.1, 0.15) is 20.8 Å². The van der Waals surface area contributed by atoms with Crippen LogP contribution < -0.4 is 16.0 Å². The fraction of sp³-hybridized carbons (Fsp3) is 0.278. The molecule has 132 valence electrons. The van der Waals surface area contributed by atoms with Gasteiger partial charge in [0.25, 0.3) is 0 Å². The number of carbonyl (C=O) groups excluding carboxylic acids is 1. The average Bonchev–Trinajstić information content (AvgIpc) is 2.62. The van der Waals surface area contributed by atoms with E-state index in [1.54, 1.807) is 30.3 Å². The van der Waals surface area contributed by atoms with Crippen molar-refractivity contribution >= 4 is 28.7 Å². The molecule has 1 amide bonds. The zero-order valence-corrected chi connectivity index (χ0v) is 14.9. The molecule has 8 heteroatoms. The Labute approximate surface area is 152 Å². The number of carbonyl (C=O) groups is 1. The van der Waals surface area contributed by atoms with E-state index in [9.17, 15) is 10.1 Å². The molecule has 0 atom stereocenters. The summed E-state index contributed by atoms with van der Waals surface area (Å²) >= 11 is 0. The van der Waals surface area contributed by atoms with Gasteiger partial charge in [-0.1, -0.05) is 0 Å². The molecule has 0 saturated carbocycles. The van der Waals surface area contributed by atoms with Crippen LogP contribution in [-0.2, 0) is 4.79 Å². The van der Waals surface area contributed by atoms with Crippen molar-refractivity contribution in [2.45, 2.75) is 20.8 Å².